The normalized spacial score (nSPS) is 22.8. The SMILES string of the molecule is O=S(=O)(Cl)c1sccc1C1CCNC1. The summed E-state index contributed by atoms with van der Waals surface area (Å²) in [5, 5.41) is 4.99. The van der Waals surface area contributed by atoms with Crippen molar-refractivity contribution in [3.05, 3.63) is 17.0 Å². The molecular weight excluding hydrogens is 242 g/mol. The van der Waals surface area contributed by atoms with E-state index in [-0.39, 0.29) is 0 Å². The van der Waals surface area contributed by atoms with Gasteiger partial charge in [-0.15, -0.1) is 11.3 Å². The minimum atomic E-state index is -3.56. The van der Waals surface area contributed by atoms with Crippen molar-refractivity contribution in [2.24, 2.45) is 0 Å². The van der Waals surface area contributed by atoms with E-state index in [9.17, 15) is 8.42 Å². The van der Waals surface area contributed by atoms with Crippen molar-refractivity contribution in [3.8, 4) is 0 Å². The highest BCUT2D eigenvalue weighted by Gasteiger charge is 2.25. The first kappa shape index (κ1) is 10.4. The zero-order valence-corrected chi connectivity index (χ0v) is 9.75. The lowest BCUT2D eigenvalue weighted by molar-refractivity contribution is 0.609. The van der Waals surface area contributed by atoms with Gasteiger partial charge >= 0.3 is 0 Å². The lowest BCUT2D eigenvalue weighted by atomic mass is 10.0. The zero-order valence-electron chi connectivity index (χ0n) is 7.36. The van der Waals surface area contributed by atoms with Crippen LogP contribution in [0.1, 0.15) is 17.9 Å². The van der Waals surface area contributed by atoms with Gasteiger partial charge in [-0.25, -0.2) is 8.42 Å². The van der Waals surface area contributed by atoms with Crippen molar-refractivity contribution >= 4 is 31.1 Å². The highest BCUT2D eigenvalue weighted by Crippen LogP contribution is 2.34. The zero-order chi connectivity index (χ0) is 10.2. The molecular formula is C8H10ClNO2S2. The van der Waals surface area contributed by atoms with Crippen molar-refractivity contribution in [2.45, 2.75) is 16.5 Å². The number of halogens is 1. The van der Waals surface area contributed by atoms with Gasteiger partial charge in [0, 0.05) is 17.2 Å². The molecule has 1 aromatic heterocycles. The van der Waals surface area contributed by atoms with Gasteiger partial charge in [-0.2, -0.15) is 0 Å². The summed E-state index contributed by atoms with van der Waals surface area (Å²) in [6.07, 6.45) is 0.982. The molecule has 0 saturated carbocycles. The lowest BCUT2D eigenvalue weighted by Crippen LogP contribution is -2.08. The van der Waals surface area contributed by atoms with Crippen LogP contribution in [-0.2, 0) is 9.05 Å². The van der Waals surface area contributed by atoms with E-state index >= 15 is 0 Å². The number of rotatable bonds is 2. The van der Waals surface area contributed by atoms with E-state index in [0.717, 1.165) is 25.1 Å². The number of thiophene rings is 1. The molecule has 3 nitrogen and oxygen atoms in total. The molecule has 1 fully saturated rings. The predicted octanol–water partition coefficient (Wildman–Crippen LogP) is 1.75. The molecule has 78 valence electrons. The van der Waals surface area contributed by atoms with Gasteiger partial charge in [-0.05, 0) is 35.9 Å². The summed E-state index contributed by atoms with van der Waals surface area (Å²) >= 11 is 1.20. The maximum atomic E-state index is 11.2. The van der Waals surface area contributed by atoms with Crippen LogP contribution in [0.5, 0.6) is 0 Å². The Morgan fingerprint density at radius 2 is 2.36 bits per heavy atom. The molecule has 0 amide bonds. The average Bonchev–Trinajstić information content (AvgIpc) is 2.73. The van der Waals surface area contributed by atoms with E-state index in [2.05, 4.69) is 5.32 Å². The smallest absolute Gasteiger partial charge is 0.271 e. The monoisotopic (exact) mass is 251 g/mol. The molecule has 1 N–H and O–H groups in total. The Morgan fingerprint density at radius 3 is 2.93 bits per heavy atom. The molecule has 1 unspecified atom stereocenters. The number of nitrogens with one attached hydrogen (secondary N) is 1. The van der Waals surface area contributed by atoms with E-state index in [1.54, 1.807) is 5.38 Å². The maximum Gasteiger partial charge on any atom is 0.271 e. The first-order valence-corrected chi connectivity index (χ1v) is 7.50. The second-order valence-corrected chi connectivity index (χ2v) is 6.97. The van der Waals surface area contributed by atoms with Crippen LogP contribution >= 0.6 is 22.0 Å². The second kappa shape index (κ2) is 3.81. The third-order valence-electron chi connectivity index (χ3n) is 2.38. The van der Waals surface area contributed by atoms with Crippen LogP contribution in [0.3, 0.4) is 0 Å². The summed E-state index contributed by atoms with van der Waals surface area (Å²) in [7, 11) is 1.78. The van der Waals surface area contributed by atoms with Gasteiger partial charge < -0.3 is 5.32 Å². The molecule has 14 heavy (non-hydrogen) atoms. The van der Waals surface area contributed by atoms with Crippen LogP contribution in [0.25, 0.3) is 0 Å². The molecule has 6 heteroatoms. The average molecular weight is 252 g/mol. The Kier molecular flexibility index (Phi) is 2.83. The molecule has 1 aliphatic rings. The molecule has 0 bridgehead atoms. The molecule has 0 aliphatic carbocycles. The summed E-state index contributed by atoms with van der Waals surface area (Å²) in [6.45, 7) is 1.79. The topological polar surface area (TPSA) is 46.2 Å². The molecule has 1 saturated heterocycles. The van der Waals surface area contributed by atoms with Crippen molar-refractivity contribution < 1.29 is 8.42 Å². The van der Waals surface area contributed by atoms with Gasteiger partial charge in [-0.1, -0.05) is 0 Å². The van der Waals surface area contributed by atoms with Crippen molar-refractivity contribution in [1.29, 1.82) is 0 Å². The third-order valence-corrected chi connectivity index (χ3v) is 5.46. The summed E-state index contributed by atoms with van der Waals surface area (Å²) in [5.41, 5.74) is 0.870. The van der Waals surface area contributed by atoms with Crippen LogP contribution in [0.15, 0.2) is 15.7 Å². The predicted molar refractivity (Wildman–Crippen MR) is 57.6 cm³/mol. The van der Waals surface area contributed by atoms with Crippen molar-refractivity contribution in [2.75, 3.05) is 13.1 Å². The number of hydrogen-bond acceptors (Lipinski definition) is 4. The summed E-state index contributed by atoms with van der Waals surface area (Å²) in [5.74, 6) is 0.296. The Labute approximate surface area is 91.5 Å². The molecule has 1 aliphatic heterocycles. The minimum Gasteiger partial charge on any atom is -0.316 e. The largest absolute Gasteiger partial charge is 0.316 e. The molecule has 0 aromatic carbocycles. The van der Waals surface area contributed by atoms with E-state index in [1.807, 2.05) is 6.07 Å². The number of hydrogen-bond donors (Lipinski definition) is 1. The van der Waals surface area contributed by atoms with E-state index in [0.29, 0.717) is 10.1 Å². The van der Waals surface area contributed by atoms with Crippen molar-refractivity contribution in [3.63, 3.8) is 0 Å². The fourth-order valence-electron chi connectivity index (χ4n) is 1.73. The van der Waals surface area contributed by atoms with E-state index < -0.39 is 9.05 Å². The van der Waals surface area contributed by atoms with Gasteiger partial charge in [-0.3, -0.25) is 0 Å². The first-order valence-electron chi connectivity index (χ1n) is 4.32. The molecule has 1 atom stereocenters. The van der Waals surface area contributed by atoms with Gasteiger partial charge in [0.05, 0.1) is 0 Å². The van der Waals surface area contributed by atoms with Crippen molar-refractivity contribution in [1.82, 2.24) is 5.32 Å². The minimum absolute atomic E-state index is 0.296. The van der Waals surface area contributed by atoms with Gasteiger partial charge in [0.1, 0.15) is 4.21 Å². The standard InChI is InChI=1S/C8H10ClNO2S2/c9-14(11,12)8-7(2-4-13-8)6-1-3-10-5-6/h2,4,6,10H,1,3,5H2. The Balaban J connectivity index is 2.39. The van der Waals surface area contributed by atoms with Crippen LogP contribution in [0.4, 0.5) is 0 Å². The summed E-state index contributed by atoms with van der Waals surface area (Å²) in [6, 6.07) is 1.86. The summed E-state index contributed by atoms with van der Waals surface area (Å²) in [4.78, 5) is 0. The van der Waals surface area contributed by atoms with Gasteiger partial charge in [0.25, 0.3) is 9.05 Å². The quantitative estimate of drug-likeness (QED) is 0.815. The Morgan fingerprint density at radius 1 is 1.57 bits per heavy atom. The molecule has 2 heterocycles. The third kappa shape index (κ3) is 1.95. The highest BCUT2D eigenvalue weighted by atomic mass is 35.7. The van der Waals surface area contributed by atoms with E-state index in [4.69, 9.17) is 10.7 Å². The van der Waals surface area contributed by atoms with Crippen LogP contribution in [0, 0.1) is 0 Å². The maximum absolute atomic E-state index is 11.2. The van der Waals surface area contributed by atoms with Gasteiger partial charge in [0.15, 0.2) is 0 Å². The fraction of sp³-hybridized carbons (Fsp3) is 0.500. The van der Waals surface area contributed by atoms with E-state index in [1.165, 1.54) is 11.3 Å². The van der Waals surface area contributed by atoms with Crippen LogP contribution in [-0.4, -0.2) is 21.5 Å². The van der Waals surface area contributed by atoms with Crippen LogP contribution < -0.4 is 5.32 Å². The van der Waals surface area contributed by atoms with Gasteiger partial charge in [0.2, 0.25) is 0 Å². The molecule has 2 rings (SSSR count). The highest BCUT2D eigenvalue weighted by molar-refractivity contribution is 8.15. The fourth-order valence-corrected chi connectivity index (χ4v) is 4.17. The Hall–Kier alpha value is -0.100. The molecule has 0 radical (unpaired) electrons. The van der Waals surface area contributed by atoms with Crippen LogP contribution in [0.2, 0.25) is 0 Å². The Bertz CT molecular complexity index is 420. The second-order valence-electron chi connectivity index (χ2n) is 3.29. The summed E-state index contributed by atoms with van der Waals surface area (Å²) < 4.78 is 22.8. The molecule has 0 spiro atoms. The molecule has 1 aromatic rings. The first-order chi connectivity index (χ1) is 6.59. The lowest BCUT2D eigenvalue weighted by Gasteiger charge is -2.07.